The first-order valence-corrected chi connectivity index (χ1v) is 11.0. The number of rotatable bonds is 5. The minimum atomic E-state index is -4.42. The number of piperazine rings is 1. The van der Waals surface area contributed by atoms with Gasteiger partial charge in [0.2, 0.25) is 5.91 Å². The van der Waals surface area contributed by atoms with E-state index in [1.54, 1.807) is 28.0 Å². The number of halogens is 3. The van der Waals surface area contributed by atoms with Gasteiger partial charge in [0.05, 0.1) is 17.6 Å². The van der Waals surface area contributed by atoms with Gasteiger partial charge in [0.25, 0.3) is 5.91 Å². The van der Waals surface area contributed by atoms with Gasteiger partial charge in [0.15, 0.2) is 5.76 Å². The van der Waals surface area contributed by atoms with Crippen molar-refractivity contribution >= 4 is 23.6 Å². The monoisotopic (exact) mass is 453 g/mol. The van der Waals surface area contributed by atoms with Crippen molar-refractivity contribution in [1.29, 1.82) is 0 Å². The van der Waals surface area contributed by atoms with Crippen LogP contribution in [0.25, 0.3) is 0 Å². The molecule has 0 saturated carbocycles. The third kappa shape index (κ3) is 4.90. The van der Waals surface area contributed by atoms with Crippen molar-refractivity contribution in [2.24, 2.45) is 0 Å². The highest BCUT2D eigenvalue weighted by Gasteiger charge is 2.36. The van der Waals surface area contributed by atoms with Gasteiger partial charge in [0.1, 0.15) is 5.37 Å². The second-order valence-corrected chi connectivity index (χ2v) is 8.55. The van der Waals surface area contributed by atoms with Crippen LogP contribution in [0.1, 0.15) is 27.1 Å². The lowest BCUT2D eigenvalue weighted by atomic mass is 10.1. The molecule has 2 aliphatic rings. The molecule has 1 atom stereocenters. The van der Waals surface area contributed by atoms with Gasteiger partial charge in [-0.3, -0.25) is 14.5 Å². The van der Waals surface area contributed by atoms with E-state index in [4.69, 9.17) is 4.42 Å². The topological polar surface area (TPSA) is 57.0 Å². The molecular weight excluding hydrogens is 431 g/mol. The summed E-state index contributed by atoms with van der Waals surface area (Å²) in [5.74, 6) is 0.364. The molecule has 1 aromatic carbocycles. The van der Waals surface area contributed by atoms with Crippen LogP contribution in [0.2, 0.25) is 0 Å². The highest BCUT2D eigenvalue weighted by molar-refractivity contribution is 8.00. The second kappa shape index (κ2) is 8.96. The zero-order chi connectivity index (χ0) is 22.0. The van der Waals surface area contributed by atoms with Gasteiger partial charge in [-0.2, -0.15) is 13.2 Å². The second-order valence-electron chi connectivity index (χ2n) is 7.48. The Labute approximate surface area is 182 Å². The van der Waals surface area contributed by atoms with Crippen molar-refractivity contribution in [3.63, 3.8) is 0 Å². The third-order valence-corrected chi connectivity index (χ3v) is 6.77. The maximum absolute atomic E-state index is 13.1. The Balaban J connectivity index is 1.34. The lowest BCUT2D eigenvalue weighted by Crippen LogP contribution is -2.50. The van der Waals surface area contributed by atoms with E-state index in [1.807, 2.05) is 0 Å². The molecule has 0 bridgehead atoms. The molecule has 4 rings (SSSR count). The minimum Gasteiger partial charge on any atom is -0.459 e. The number of amides is 2. The van der Waals surface area contributed by atoms with Gasteiger partial charge in [0, 0.05) is 39.3 Å². The van der Waals surface area contributed by atoms with E-state index in [0.717, 1.165) is 12.1 Å². The largest absolute Gasteiger partial charge is 0.459 e. The first-order valence-electron chi connectivity index (χ1n) is 9.96. The molecule has 0 spiro atoms. The summed E-state index contributed by atoms with van der Waals surface area (Å²) in [7, 11) is 0. The number of carbonyl (C=O) groups excluding carboxylic acids is 2. The summed E-state index contributed by atoms with van der Waals surface area (Å²) >= 11 is 1.35. The first-order chi connectivity index (χ1) is 14.8. The predicted molar refractivity (Wildman–Crippen MR) is 109 cm³/mol. The van der Waals surface area contributed by atoms with Crippen molar-refractivity contribution in [2.45, 2.75) is 11.6 Å². The molecule has 0 radical (unpaired) electrons. The van der Waals surface area contributed by atoms with E-state index >= 15 is 0 Å². The molecule has 2 saturated heterocycles. The zero-order valence-corrected chi connectivity index (χ0v) is 17.5. The van der Waals surface area contributed by atoms with E-state index in [0.29, 0.717) is 50.6 Å². The van der Waals surface area contributed by atoms with Crippen LogP contribution < -0.4 is 0 Å². The van der Waals surface area contributed by atoms with Crippen molar-refractivity contribution in [1.82, 2.24) is 14.7 Å². The molecule has 0 aliphatic carbocycles. The summed E-state index contributed by atoms with van der Waals surface area (Å²) in [5, 5.41) is -0.420. The van der Waals surface area contributed by atoms with E-state index < -0.39 is 17.1 Å². The van der Waals surface area contributed by atoms with Crippen molar-refractivity contribution in [3.05, 3.63) is 59.5 Å². The van der Waals surface area contributed by atoms with E-state index in [1.165, 1.54) is 24.1 Å². The van der Waals surface area contributed by atoms with Gasteiger partial charge in [-0.05, 0) is 29.8 Å². The fourth-order valence-corrected chi connectivity index (χ4v) is 5.03. The Bertz CT molecular complexity index is 927. The van der Waals surface area contributed by atoms with Crippen LogP contribution in [0, 0.1) is 0 Å². The summed E-state index contributed by atoms with van der Waals surface area (Å²) in [6.07, 6.45) is -2.95. The number of alkyl halides is 3. The van der Waals surface area contributed by atoms with Crippen LogP contribution in [0.4, 0.5) is 13.2 Å². The normalized spacial score (nSPS) is 20.5. The molecule has 31 heavy (non-hydrogen) atoms. The minimum absolute atomic E-state index is 0.0703. The summed E-state index contributed by atoms with van der Waals surface area (Å²) < 4.78 is 44.4. The molecule has 6 nitrogen and oxygen atoms in total. The molecule has 2 aromatic rings. The molecule has 3 heterocycles. The number of thioether (sulfide) groups is 1. The number of benzene rings is 1. The lowest BCUT2D eigenvalue weighted by molar-refractivity contribution is -0.137. The fourth-order valence-electron chi connectivity index (χ4n) is 3.82. The Hall–Kier alpha value is -2.46. The molecule has 0 N–H and O–H groups in total. The van der Waals surface area contributed by atoms with Crippen molar-refractivity contribution in [3.8, 4) is 0 Å². The molecule has 10 heteroatoms. The van der Waals surface area contributed by atoms with Crippen LogP contribution in [-0.4, -0.2) is 71.5 Å². The Kier molecular flexibility index (Phi) is 6.29. The standard InChI is InChI=1S/C21H22F3N3O3S/c22-21(23,24)16-4-1-3-15(13-16)20-27(18(28)14-31-20)11-8-25-6-9-26(10-7-25)19(29)17-5-2-12-30-17/h1-5,12-13,20H,6-11,14H2. The Morgan fingerprint density at radius 1 is 1.10 bits per heavy atom. The maximum atomic E-state index is 13.1. The van der Waals surface area contributed by atoms with Crippen LogP contribution in [-0.2, 0) is 11.0 Å². The van der Waals surface area contributed by atoms with Crippen LogP contribution >= 0.6 is 11.8 Å². The number of hydrogen-bond acceptors (Lipinski definition) is 5. The van der Waals surface area contributed by atoms with Gasteiger partial charge >= 0.3 is 6.18 Å². The highest BCUT2D eigenvalue weighted by Crippen LogP contribution is 2.40. The van der Waals surface area contributed by atoms with Crippen molar-refractivity contribution < 1.29 is 27.2 Å². The Morgan fingerprint density at radius 3 is 2.55 bits per heavy atom. The molecule has 1 aromatic heterocycles. The smallest absolute Gasteiger partial charge is 0.416 e. The number of furan rings is 1. The summed E-state index contributed by atoms with van der Waals surface area (Å²) in [6, 6.07) is 8.50. The van der Waals surface area contributed by atoms with Crippen LogP contribution in [0.3, 0.4) is 0 Å². The van der Waals surface area contributed by atoms with Gasteiger partial charge in [-0.25, -0.2) is 0 Å². The first kappa shape index (κ1) is 21.8. The average molecular weight is 453 g/mol. The SMILES string of the molecule is O=C(c1ccco1)N1CCN(CCN2C(=O)CSC2c2cccc(C(F)(F)F)c2)CC1. The van der Waals surface area contributed by atoms with E-state index in [2.05, 4.69) is 4.90 Å². The summed E-state index contributed by atoms with van der Waals surface area (Å²) in [6.45, 7) is 3.47. The molecule has 1 unspecified atom stereocenters. The Morgan fingerprint density at radius 2 is 1.87 bits per heavy atom. The van der Waals surface area contributed by atoms with Gasteiger partial charge in [-0.1, -0.05) is 12.1 Å². The van der Waals surface area contributed by atoms with Crippen LogP contribution in [0.5, 0.6) is 0 Å². The molecular formula is C21H22F3N3O3S. The van der Waals surface area contributed by atoms with Crippen molar-refractivity contribution in [2.75, 3.05) is 45.0 Å². The molecule has 2 fully saturated rings. The van der Waals surface area contributed by atoms with E-state index in [-0.39, 0.29) is 17.6 Å². The van der Waals surface area contributed by atoms with E-state index in [9.17, 15) is 22.8 Å². The quantitative estimate of drug-likeness (QED) is 0.695. The third-order valence-electron chi connectivity index (χ3n) is 5.52. The number of hydrogen-bond donors (Lipinski definition) is 0. The number of carbonyl (C=O) groups is 2. The number of nitrogens with zero attached hydrogens (tertiary/aromatic N) is 3. The summed E-state index contributed by atoms with van der Waals surface area (Å²) in [4.78, 5) is 30.3. The fraction of sp³-hybridized carbons (Fsp3) is 0.429. The van der Waals surface area contributed by atoms with Gasteiger partial charge in [-0.15, -0.1) is 11.8 Å². The highest BCUT2D eigenvalue weighted by atomic mass is 32.2. The summed E-state index contributed by atoms with van der Waals surface area (Å²) in [5.41, 5.74) is -0.221. The molecule has 166 valence electrons. The average Bonchev–Trinajstić information content (AvgIpc) is 3.42. The maximum Gasteiger partial charge on any atom is 0.416 e. The molecule has 2 amide bonds. The molecule has 2 aliphatic heterocycles. The van der Waals surface area contributed by atoms with Crippen LogP contribution in [0.15, 0.2) is 47.1 Å². The lowest BCUT2D eigenvalue weighted by Gasteiger charge is -2.35. The van der Waals surface area contributed by atoms with Gasteiger partial charge < -0.3 is 14.2 Å². The predicted octanol–water partition coefficient (Wildman–Crippen LogP) is 3.33. The zero-order valence-electron chi connectivity index (χ0n) is 16.7.